The van der Waals surface area contributed by atoms with E-state index in [1.165, 1.54) is 4.90 Å². The Kier molecular flexibility index (Phi) is 2.90. The van der Waals surface area contributed by atoms with Crippen LogP contribution in [0.2, 0.25) is 0 Å². The Labute approximate surface area is 107 Å². The van der Waals surface area contributed by atoms with Crippen molar-refractivity contribution >= 4 is 11.8 Å². The van der Waals surface area contributed by atoms with Gasteiger partial charge in [-0.1, -0.05) is 0 Å². The normalized spacial score (nSPS) is 44.6. The Bertz CT molecular complexity index is 362. The number of nitrogens with one attached hydrogen (secondary N) is 1. The molecule has 0 aromatic carbocycles. The molecule has 1 N–H and O–H groups in total. The molecule has 100 valence electrons. The highest BCUT2D eigenvalue weighted by Crippen LogP contribution is 2.32. The van der Waals surface area contributed by atoms with Crippen LogP contribution in [-0.4, -0.2) is 47.0 Å². The zero-order valence-electron chi connectivity index (χ0n) is 10.9. The van der Waals surface area contributed by atoms with E-state index in [1.54, 1.807) is 0 Å². The van der Waals surface area contributed by atoms with Gasteiger partial charge in [-0.15, -0.1) is 0 Å². The van der Waals surface area contributed by atoms with Gasteiger partial charge in [0.2, 0.25) is 0 Å². The van der Waals surface area contributed by atoms with Crippen molar-refractivity contribution in [2.45, 2.75) is 69.9 Å². The molecule has 5 atom stereocenters. The first-order chi connectivity index (χ1) is 8.58. The molecule has 0 spiro atoms. The number of fused-ring (bicyclic) bond motifs is 2. The fourth-order valence-electron chi connectivity index (χ4n) is 3.41. The number of carbonyl (C=O) groups excluding carboxylic acids is 2. The van der Waals surface area contributed by atoms with Crippen LogP contribution in [-0.2, 0) is 14.3 Å². The molecule has 3 rings (SSSR count). The third-order valence-electron chi connectivity index (χ3n) is 4.40. The first-order valence-electron chi connectivity index (χ1n) is 6.86. The van der Waals surface area contributed by atoms with Crippen LogP contribution in [0.5, 0.6) is 0 Å². The molecule has 3 heterocycles. The molecule has 0 radical (unpaired) electrons. The van der Waals surface area contributed by atoms with Gasteiger partial charge in [0.1, 0.15) is 12.2 Å². The molecule has 0 aliphatic carbocycles. The van der Waals surface area contributed by atoms with Gasteiger partial charge < -0.3 is 10.1 Å². The maximum Gasteiger partial charge on any atom is 0.258 e. The van der Waals surface area contributed by atoms with E-state index in [2.05, 4.69) is 19.2 Å². The van der Waals surface area contributed by atoms with Gasteiger partial charge in [-0.05, 0) is 39.5 Å². The average molecular weight is 252 g/mol. The zero-order chi connectivity index (χ0) is 12.9. The monoisotopic (exact) mass is 252 g/mol. The van der Waals surface area contributed by atoms with Gasteiger partial charge in [0, 0.05) is 12.1 Å². The lowest BCUT2D eigenvalue weighted by atomic mass is 9.93. The minimum Gasteiger partial charge on any atom is -0.355 e. The maximum absolute atomic E-state index is 12.3. The third kappa shape index (κ3) is 1.77. The van der Waals surface area contributed by atoms with Gasteiger partial charge in [0.05, 0.1) is 6.04 Å². The van der Waals surface area contributed by atoms with E-state index in [0.29, 0.717) is 18.9 Å². The Hall–Kier alpha value is -0.940. The first kappa shape index (κ1) is 12.1. The smallest absolute Gasteiger partial charge is 0.258 e. The summed E-state index contributed by atoms with van der Waals surface area (Å²) in [6.07, 6.45) is 2.53. The summed E-state index contributed by atoms with van der Waals surface area (Å²) in [5.74, 6) is -0.246. The lowest BCUT2D eigenvalue weighted by Crippen LogP contribution is -2.63. The van der Waals surface area contributed by atoms with E-state index in [9.17, 15) is 9.59 Å². The van der Waals surface area contributed by atoms with Crippen molar-refractivity contribution in [2.24, 2.45) is 0 Å². The highest BCUT2D eigenvalue weighted by Gasteiger charge is 2.50. The summed E-state index contributed by atoms with van der Waals surface area (Å²) in [6.45, 7) is 4.19. The van der Waals surface area contributed by atoms with Crippen LogP contribution in [0, 0.1) is 0 Å². The van der Waals surface area contributed by atoms with E-state index in [-0.39, 0.29) is 36.1 Å². The molecule has 3 saturated heterocycles. The molecule has 5 unspecified atom stereocenters. The van der Waals surface area contributed by atoms with Gasteiger partial charge >= 0.3 is 0 Å². The Balaban J connectivity index is 1.82. The predicted octanol–water partition coefficient (Wildman–Crippen LogP) is 0.432. The highest BCUT2D eigenvalue weighted by molar-refractivity contribution is 6.02. The lowest BCUT2D eigenvalue weighted by molar-refractivity contribution is -0.173. The quantitative estimate of drug-likeness (QED) is 0.688. The fraction of sp³-hybridized carbons (Fsp3) is 0.846. The van der Waals surface area contributed by atoms with E-state index < -0.39 is 0 Å². The number of nitrogens with zero attached hydrogens (tertiary/aromatic N) is 1. The molecular formula is C13H20N2O3. The molecule has 5 heteroatoms. The number of carbonyl (C=O) groups is 2. The van der Waals surface area contributed by atoms with Gasteiger partial charge in [-0.3, -0.25) is 14.5 Å². The molecule has 3 aliphatic rings. The van der Waals surface area contributed by atoms with Crippen molar-refractivity contribution in [3.05, 3.63) is 0 Å². The van der Waals surface area contributed by atoms with Crippen LogP contribution in [0.3, 0.4) is 0 Å². The molecule has 0 aromatic heterocycles. The number of amides is 2. The number of rotatable bonds is 1. The number of hydrogen-bond acceptors (Lipinski definition) is 4. The summed E-state index contributed by atoms with van der Waals surface area (Å²) >= 11 is 0. The van der Waals surface area contributed by atoms with Crippen LogP contribution >= 0.6 is 0 Å². The Morgan fingerprint density at radius 2 is 1.67 bits per heavy atom. The SMILES string of the molecule is CC1CCC(N2C(=O)C3CCC(O3)C2=O)C(C)N1. The van der Waals surface area contributed by atoms with Crippen molar-refractivity contribution in [3.8, 4) is 0 Å². The van der Waals surface area contributed by atoms with Crippen molar-refractivity contribution in [1.82, 2.24) is 10.2 Å². The van der Waals surface area contributed by atoms with Crippen LogP contribution in [0.25, 0.3) is 0 Å². The second-order valence-corrected chi connectivity index (χ2v) is 5.74. The number of hydrogen-bond donors (Lipinski definition) is 1. The highest BCUT2D eigenvalue weighted by atomic mass is 16.5. The van der Waals surface area contributed by atoms with Gasteiger partial charge in [0.15, 0.2) is 0 Å². The summed E-state index contributed by atoms with van der Waals surface area (Å²) in [5, 5.41) is 3.43. The Morgan fingerprint density at radius 1 is 1.06 bits per heavy atom. The van der Waals surface area contributed by atoms with Crippen LogP contribution in [0.15, 0.2) is 0 Å². The number of morpholine rings is 1. The van der Waals surface area contributed by atoms with Gasteiger partial charge in [0.25, 0.3) is 11.8 Å². The second-order valence-electron chi connectivity index (χ2n) is 5.74. The summed E-state index contributed by atoms with van der Waals surface area (Å²) in [6, 6.07) is 0.617. The first-order valence-corrected chi connectivity index (χ1v) is 6.86. The van der Waals surface area contributed by atoms with Crippen LogP contribution in [0.4, 0.5) is 0 Å². The molecule has 18 heavy (non-hydrogen) atoms. The van der Waals surface area contributed by atoms with Crippen molar-refractivity contribution in [3.63, 3.8) is 0 Å². The minimum absolute atomic E-state index is 0.00630. The Morgan fingerprint density at radius 3 is 2.22 bits per heavy atom. The van der Waals surface area contributed by atoms with Crippen LogP contribution < -0.4 is 5.32 Å². The number of ether oxygens (including phenoxy) is 1. The van der Waals surface area contributed by atoms with E-state index >= 15 is 0 Å². The molecular weight excluding hydrogens is 232 g/mol. The molecule has 3 aliphatic heterocycles. The topological polar surface area (TPSA) is 58.6 Å². The standard InChI is InChI=1S/C13H20N2O3/c1-7-3-4-9(8(2)14-7)15-12(16)10-5-6-11(18-10)13(15)17/h7-11,14H,3-6H2,1-2H3. The van der Waals surface area contributed by atoms with E-state index in [1.807, 2.05) is 0 Å². The third-order valence-corrected chi connectivity index (χ3v) is 4.40. The number of imide groups is 1. The van der Waals surface area contributed by atoms with E-state index in [4.69, 9.17) is 4.74 Å². The summed E-state index contributed by atoms with van der Waals surface area (Å²) in [7, 11) is 0. The molecule has 2 amide bonds. The summed E-state index contributed by atoms with van der Waals surface area (Å²) < 4.78 is 5.44. The second kappa shape index (κ2) is 4.31. The molecule has 5 nitrogen and oxygen atoms in total. The fourth-order valence-corrected chi connectivity index (χ4v) is 3.41. The largest absolute Gasteiger partial charge is 0.355 e. The molecule has 0 saturated carbocycles. The van der Waals surface area contributed by atoms with Crippen molar-refractivity contribution in [1.29, 1.82) is 0 Å². The zero-order valence-corrected chi connectivity index (χ0v) is 10.9. The number of piperidine rings is 1. The molecule has 3 fully saturated rings. The van der Waals surface area contributed by atoms with Crippen molar-refractivity contribution in [2.75, 3.05) is 0 Å². The number of likely N-dealkylation sites (tertiary alicyclic amines) is 1. The van der Waals surface area contributed by atoms with Crippen molar-refractivity contribution < 1.29 is 14.3 Å². The average Bonchev–Trinajstić information content (AvgIpc) is 2.76. The molecule has 2 bridgehead atoms. The summed E-state index contributed by atoms with van der Waals surface area (Å²) in [5.41, 5.74) is 0. The predicted molar refractivity (Wildman–Crippen MR) is 64.8 cm³/mol. The molecule has 0 aromatic rings. The van der Waals surface area contributed by atoms with Gasteiger partial charge in [-0.25, -0.2) is 0 Å². The van der Waals surface area contributed by atoms with Gasteiger partial charge in [-0.2, -0.15) is 0 Å². The minimum atomic E-state index is -0.376. The van der Waals surface area contributed by atoms with Crippen LogP contribution in [0.1, 0.15) is 39.5 Å². The maximum atomic E-state index is 12.3. The van der Waals surface area contributed by atoms with E-state index in [0.717, 1.165) is 12.8 Å². The lowest BCUT2D eigenvalue weighted by Gasteiger charge is -2.42. The summed E-state index contributed by atoms with van der Waals surface area (Å²) in [4.78, 5) is 26.0.